The third kappa shape index (κ3) is 35.8. The first-order valence-corrected chi connectivity index (χ1v) is 30.5. The Kier molecular flexibility index (Phi) is 47.6. The Labute approximate surface area is 453 Å². The van der Waals surface area contributed by atoms with Gasteiger partial charge in [0.15, 0.2) is 0 Å². The van der Waals surface area contributed by atoms with Crippen molar-refractivity contribution in [2.75, 3.05) is 66.1 Å². The summed E-state index contributed by atoms with van der Waals surface area (Å²) in [5.41, 5.74) is 6.56. The molecule has 0 aliphatic heterocycles. The number of ether oxygens (including phenoxy) is 12. The Morgan fingerprint density at radius 1 is 0.324 bits per heavy atom. The highest BCUT2D eigenvalue weighted by molar-refractivity contribution is 5.77. The maximum Gasteiger partial charge on any atom is 0.329 e. The van der Waals surface area contributed by atoms with Crippen LogP contribution in [0.1, 0.15) is 275 Å². The van der Waals surface area contributed by atoms with Crippen LogP contribution in [0.2, 0.25) is 0 Å². The van der Waals surface area contributed by atoms with Gasteiger partial charge in [-0.1, -0.05) is 158 Å². The number of nitrogens with two attached hydrogens (primary N) is 1. The second kappa shape index (κ2) is 48.6. The van der Waals surface area contributed by atoms with Gasteiger partial charge in [0.05, 0.1) is 66.1 Å². The number of carbonyl (C=O) groups is 2. The lowest BCUT2D eigenvalue weighted by Crippen LogP contribution is -2.47. The van der Waals surface area contributed by atoms with Crippen molar-refractivity contribution in [1.82, 2.24) is 0 Å². The quantitative estimate of drug-likeness (QED) is 0.0346. The Bertz CT molecular complexity index is 1200. The van der Waals surface area contributed by atoms with Crippen LogP contribution in [-0.2, 0) is 66.4 Å². The lowest BCUT2D eigenvalue weighted by Gasteiger charge is -2.36. The Balaban J connectivity index is 6.51. The maximum atomic E-state index is 14.0. The van der Waals surface area contributed by atoms with E-state index in [1.807, 2.05) is 13.8 Å². The molecule has 15 nitrogen and oxygen atoms in total. The first kappa shape index (κ1) is 72.5. The molecule has 442 valence electrons. The van der Waals surface area contributed by atoms with Crippen molar-refractivity contribution in [3.63, 3.8) is 0 Å². The van der Waals surface area contributed by atoms with Crippen LogP contribution in [0, 0.1) is 0 Å². The first-order chi connectivity index (χ1) is 35.9. The van der Waals surface area contributed by atoms with Gasteiger partial charge in [0.25, 0.3) is 11.9 Å². The number of esters is 2. The summed E-state index contributed by atoms with van der Waals surface area (Å²) in [5, 5.41) is 0. The summed E-state index contributed by atoms with van der Waals surface area (Å²) in [4.78, 5) is 28.0. The molecule has 0 saturated heterocycles. The monoisotopic (exact) mass is 1060 g/mol. The zero-order valence-corrected chi connectivity index (χ0v) is 49.6. The van der Waals surface area contributed by atoms with Gasteiger partial charge in [-0.05, 0) is 84.5 Å². The highest BCUT2D eigenvalue weighted by Crippen LogP contribution is 2.33. The molecule has 0 aromatic carbocycles. The average molecular weight is 1060 g/mol. The number of rotatable bonds is 58. The van der Waals surface area contributed by atoms with E-state index in [1.165, 1.54) is 0 Å². The fraction of sp³-hybridized carbons (Fsp3) is 0.966. The molecule has 0 aliphatic carbocycles. The van der Waals surface area contributed by atoms with E-state index in [-0.39, 0.29) is 38.9 Å². The van der Waals surface area contributed by atoms with E-state index in [2.05, 4.69) is 55.4 Å². The molecule has 0 rings (SSSR count). The third-order valence-electron chi connectivity index (χ3n) is 12.7. The molecular weight excluding hydrogens is 947 g/mol. The molecule has 2 N–H and O–H groups in total. The number of unbranched alkanes of at least 4 members (excludes halogenated alkanes) is 16. The van der Waals surface area contributed by atoms with Crippen molar-refractivity contribution in [2.24, 2.45) is 5.73 Å². The minimum atomic E-state index is -1.74. The molecule has 0 aliphatic rings. The van der Waals surface area contributed by atoms with Crippen LogP contribution in [0.3, 0.4) is 0 Å². The van der Waals surface area contributed by atoms with Crippen LogP contribution in [0.15, 0.2) is 0 Å². The SMILES string of the molecule is CCCCCOC(CCCC(OCC)(OCCCCC)OC(=O)CC[C@H](N)C(=O)OC(CCCC(OCCCCC)(OCCCCC)OCCCCC)(OCC)OCCCCC)(OCCCCC)OCCCCC. The van der Waals surface area contributed by atoms with Crippen LogP contribution >= 0.6 is 0 Å². The number of carbonyl (C=O) groups excluding carboxylic acids is 2. The Morgan fingerprint density at radius 3 is 0.824 bits per heavy atom. The molecule has 0 spiro atoms. The molecule has 3 atom stereocenters. The second-order valence-electron chi connectivity index (χ2n) is 19.8. The summed E-state index contributed by atoms with van der Waals surface area (Å²) < 4.78 is 76.6. The summed E-state index contributed by atoms with van der Waals surface area (Å²) in [6.45, 7) is 25.0. The molecule has 15 heteroatoms. The Morgan fingerprint density at radius 2 is 0.568 bits per heavy atom. The molecule has 0 aromatic rings. The Hall–Kier alpha value is -1.50. The van der Waals surface area contributed by atoms with Crippen LogP contribution in [-0.4, -0.2) is 108 Å². The van der Waals surface area contributed by atoms with Gasteiger partial charge in [0, 0.05) is 32.1 Å². The summed E-state index contributed by atoms with van der Waals surface area (Å²) in [5.74, 6) is -7.31. The van der Waals surface area contributed by atoms with Crippen LogP contribution in [0.25, 0.3) is 0 Å². The van der Waals surface area contributed by atoms with Gasteiger partial charge in [-0.15, -0.1) is 0 Å². The topological polar surface area (TPSA) is 171 Å². The van der Waals surface area contributed by atoms with E-state index < -0.39 is 41.9 Å². The maximum absolute atomic E-state index is 14.0. The summed E-state index contributed by atoms with van der Waals surface area (Å²) in [6.07, 6.45) is 25.1. The van der Waals surface area contributed by atoms with E-state index in [0.29, 0.717) is 78.5 Å². The minimum absolute atomic E-state index is 0.0639. The van der Waals surface area contributed by atoms with E-state index >= 15 is 0 Å². The van der Waals surface area contributed by atoms with Gasteiger partial charge in [0.2, 0.25) is 0 Å². The summed E-state index contributed by atoms with van der Waals surface area (Å²) in [6, 6.07) is -1.20. The van der Waals surface area contributed by atoms with Crippen LogP contribution in [0.4, 0.5) is 0 Å². The normalized spacial score (nSPS) is 14.3. The zero-order valence-electron chi connectivity index (χ0n) is 49.6. The minimum Gasteiger partial charge on any atom is -0.408 e. The van der Waals surface area contributed by atoms with Crippen molar-refractivity contribution < 1.29 is 66.4 Å². The number of hydrogen-bond acceptors (Lipinski definition) is 15. The van der Waals surface area contributed by atoms with Gasteiger partial charge in [-0.2, -0.15) is 0 Å². The van der Waals surface area contributed by atoms with E-state index in [0.717, 1.165) is 154 Å². The predicted molar refractivity (Wildman–Crippen MR) is 295 cm³/mol. The molecule has 0 heterocycles. The predicted octanol–water partition coefficient (Wildman–Crippen LogP) is 14.9. The van der Waals surface area contributed by atoms with Gasteiger partial charge < -0.3 is 62.6 Å². The van der Waals surface area contributed by atoms with Crippen molar-refractivity contribution in [3.8, 4) is 0 Å². The lowest BCUT2D eigenvalue weighted by molar-refractivity contribution is -0.391. The molecule has 0 saturated carbocycles. The molecule has 0 amide bonds. The zero-order chi connectivity index (χ0) is 54.9. The average Bonchev–Trinajstić information content (AvgIpc) is 3.39. The van der Waals surface area contributed by atoms with Crippen LogP contribution < -0.4 is 5.73 Å². The van der Waals surface area contributed by atoms with Crippen molar-refractivity contribution in [1.29, 1.82) is 0 Å². The van der Waals surface area contributed by atoms with Gasteiger partial charge in [0.1, 0.15) is 6.04 Å². The molecule has 0 radical (unpaired) electrons. The van der Waals surface area contributed by atoms with E-state index in [4.69, 9.17) is 62.6 Å². The van der Waals surface area contributed by atoms with E-state index in [1.54, 1.807) is 0 Å². The van der Waals surface area contributed by atoms with Crippen molar-refractivity contribution >= 4 is 11.9 Å². The third-order valence-corrected chi connectivity index (χ3v) is 12.7. The lowest BCUT2D eigenvalue weighted by atomic mass is 10.1. The van der Waals surface area contributed by atoms with Gasteiger partial charge >= 0.3 is 23.9 Å². The smallest absolute Gasteiger partial charge is 0.329 e. The molecular formula is C59H117NO14. The molecule has 0 bridgehead atoms. The number of hydrogen-bond donors (Lipinski definition) is 1. The fourth-order valence-electron chi connectivity index (χ4n) is 8.24. The highest BCUT2D eigenvalue weighted by Gasteiger charge is 2.43. The summed E-state index contributed by atoms with van der Waals surface area (Å²) >= 11 is 0. The standard InChI is InChI=1S/C59H117NO14/c1-11-21-29-45-65-56(66-46-30-22-12-2,67-47-31-23-13-3)41-37-43-58(63-19-9,71-51-35-27-17-7)73-54(61)40-39-53(60)55(62)74-59(64-20-10,72-52-36-28-18-8)44-38-42-57(68-48-32-24-14-4,69-49-33-25-15-5)70-50-34-26-16-6/h53H,11-52,60H2,1-10H3/t53-,58?,59?/m0/s1. The molecule has 2 unspecified atom stereocenters. The largest absolute Gasteiger partial charge is 0.408 e. The molecule has 74 heavy (non-hydrogen) atoms. The van der Waals surface area contributed by atoms with Crippen molar-refractivity contribution in [3.05, 3.63) is 0 Å². The highest BCUT2D eigenvalue weighted by atomic mass is 16.9. The second-order valence-corrected chi connectivity index (χ2v) is 19.8. The molecule has 0 fully saturated rings. The van der Waals surface area contributed by atoms with Gasteiger partial charge in [-0.25, -0.2) is 0 Å². The fourth-order valence-corrected chi connectivity index (χ4v) is 8.24. The van der Waals surface area contributed by atoms with Crippen LogP contribution in [0.5, 0.6) is 0 Å². The van der Waals surface area contributed by atoms with E-state index in [9.17, 15) is 9.59 Å². The first-order valence-electron chi connectivity index (χ1n) is 30.5. The van der Waals surface area contributed by atoms with Crippen molar-refractivity contribution in [2.45, 2.75) is 305 Å². The summed E-state index contributed by atoms with van der Waals surface area (Å²) in [7, 11) is 0. The molecule has 0 aromatic heterocycles. The van der Waals surface area contributed by atoms with Gasteiger partial charge in [-0.3, -0.25) is 9.59 Å².